The maximum absolute atomic E-state index is 13.8. The van der Waals surface area contributed by atoms with Crippen LogP contribution in [0.1, 0.15) is 36.8 Å². The van der Waals surface area contributed by atoms with Gasteiger partial charge in [0, 0.05) is 23.3 Å². The summed E-state index contributed by atoms with van der Waals surface area (Å²) in [6, 6.07) is 13.8. The molecule has 1 aliphatic carbocycles. The van der Waals surface area contributed by atoms with E-state index in [1.807, 2.05) is 36.4 Å². The molecule has 4 aliphatic rings. The lowest BCUT2D eigenvalue weighted by Crippen LogP contribution is -2.54. The number of para-hydroxylation sites is 1. The molecular weight excluding hydrogens is 406 g/mol. The van der Waals surface area contributed by atoms with Crippen molar-refractivity contribution >= 4 is 23.4 Å². The second-order valence-corrected chi connectivity index (χ2v) is 9.42. The molecular formula is C25H25N3O4. The molecule has 0 bridgehead atoms. The Hall–Kier alpha value is -3.19. The normalized spacial score (nSPS) is 31.4. The van der Waals surface area contributed by atoms with Crippen LogP contribution in [0.25, 0.3) is 0 Å². The first-order chi connectivity index (χ1) is 15.5. The van der Waals surface area contributed by atoms with E-state index in [1.165, 1.54) is 4.90 Å². The van der Waals surface area contributed by atoms with Crippen molar-refractivity contribution in [2.24, 2.45) is 11.8 Å². The first-order valence-electron chi connectivity index (χ1n) is 11.3. The molecule has 3 N–H and O–H groups in total. The fourth-order valence-corrected chi connectivity index (χ4v) is 6.36. The van der Waals surface area contributed by atoms with Crippen molar-refractivity contribution in [3.8, 4) is 5.75 Å². The number of carbonyl (C=O) groups is 3. The van der Waals surface area contributed by atoms with Gasteiger partial charge in [0.05, 0.1) is 11.8 Å². The highest BCUT2D eigenvalue weighted by atomic mass is 16.3. The lowest BCUT2D eigenvalue weighted by Gasteiger charge is -2.31. The highest BCUT2D eigenvalue weighted by Crippen LogP contribution is 2.54. The summed E-state index contributed by atoms with van der Waals surface area (Å²) in [5.41, 5.74) is 1.11. The van der Waals surface area contributed by atoms with E-state index in [1.54, 1.807) is 12.1 Å². The van der Waals surface area contributed by atoms with Crippen LogP contribution in [0.2, 0.25) is 0 Å². The molecule has 1 spiro atoms. The van der Waals surface area contributed by atoms with E-state index in [0.717, 1.165) is 36.8 Å². The second-order valence-electron chi connectivity index (χ2n) is 9.42. The highest BCUT2D eigenvalue weighted by Gasteiger charge is 2.70. The standard InChI is InChI=1S/C25H25N3O4/c29-16-11-9-14(10-12-16)13-19-20-21(23(31)28(22(20)30)15-5-1-2-6-15)25(27-19)17-7-3-4-8-18(17)26-24(25)32/h3-4,7-12,15,19-21,27,29H,1-2,5-6,13H2,(H,26,32)/t19-,20+,21+,25+/m0/s1. The van der Waals surface area contributed by atoms with Crippen LogP contribution in [0.3, 0.4) is 0 Å². The molecule has 7 nitrogen and oxygen atoms in total. The lowest BCUT2D eigenvalue weighted by molar-refractivity contribution is -0.145. The summed E-state index contributed by atoms with van der Waals surface area (Å²) in [4.78, 5) is 42.4. The van der Waals surface area contributed by atoms with Gasteiger partial charge >= 0.3 is 0 Å². The van der Waals surface area contributed by atoms with Gasteiger partial charge in [0.2, 0.25) is 17.7 Å². The van der Waals surface area contributed by atoms with E-state index in [0.29, 0.717) is 12.1 Å². The van der Waals surface area contributed by atoms with E-state index in [2.05, 4.69) is 10.6 Å². The van der Waals surface area contributed by atoms with Crippen LogP contribution in [0, 0.1) is 11.8 Å². The van der Waals surface area contributed by atoms with Gasteiger partial charge < -0.3 is 10.4 Å². The Morgan fingerprint density at radius 3 is 2.44 bits per heavy atom. The average Bonchev–Trinajstić information content (AvgIpc) is 3.52. The van der Waals surface area contributed by atoms with E-state index in [9.17, 15) is 19.5 Å². The van der Waals surface area contributed by atoms with Gasteiger partial charge in [-0.05, 0) is 43.0 Å². The number of nitrogens with zero attached hydrogens (tertiary/aromatic N) is 1. The second kappa shape index (κ2) is 6.90. The molecule has 1 saturated carbocycles. The van der Waals surface area contributed by atoms with Crippen LogP contribution in [-0.4, -0.2) is 39.8 Å². The van der Waals surface area contributed by atoms with Gasteiger partial charge in [-0.1, -0.05) is 43.2 Å². The summed E-state index contributed by atoms with van der Waals surface area (Å²) in [7, 11) is 0. The SMILES string of the molecule is O=C1[C@@H]2[C@H](Cc3ccc(O)cc3)N[C@@]3(C(=O)Nc4ccccc43)[C@H]2C(=O)N1C1CCCC1. The molecule has 3 heterocycles. The van der Waals surface area contributed by atoms with Crippen LogP contribution in [0.4, 0.5) is 5.69 Å². The molecule has 0 unspecified atom stereocenters. The third kappa shape index (κ3) is 2.54. The maximum Gasteiger partial charge on any atom is 0.250 e. The van der Waals surface area contributed by atoms with Gasteiger partial charge in [0.25, 0.3) is 0 Å². The van der Waals surface area contributed by atoms with Crippen LogP contribution >= 0.6 is 0 Å². The molecule has 164 valence electrons. The lowest BCUT2D eigenvalue weighted by atomic mass is 9.76. The van der Waals surface area contributed by atoms with Crippen molar-refractivity contribution in [2.75, 3.05) is 5.32 Å². The van der Waals surface area contributed by atoms with Crippen molar-refractivity contribution < 1.29 is 19.5 Å². The molecule has 3 aliphatic heterocycles. The Kier molecular flexibility index (Phi) is 4.21. The number of rotatable bonds is 3. The number of anilines is 1. The fraction of sp³-hybridized carbons (Fsp3) is 0.400. The molecule has 7 heteroatoms. The van der Waals surface area contributed by atoms with Crippen LogP contribution in [0.5, 0.6) is 5.75 Å². The number of amides is 3. The summed E-state index contributed by atoms with van der Waals surface area (Å²) in [5.74, 6) is -1.84. The first-order valence-corrected chi connectivity index (χ1v) is 11.3. The topological polar surface area (TPSA) is 98.7 Å². The molecule has 6 rings (SSSR count). The summed E-state index contributed by atoms with van der Waals surface area (Å²) in [6.07, 6.45) is 4.18. The zero-order valence-corrected chi connectivity index (χ0v) is 17.6. The number of carbonyl (C=O) groups excluding carboxylic acids is 3. The number of aromatic hydroxyl groups is 1. The fourth-order valence-electron chi connectivity index (χ4n) is 6.36. The summed E-state index contributed by atoms with van der Waals surface area (Å²) in [5, 5.41) is 16.0. The Balaban J connectivity index is 1.46. The minimum atomic E-state index is -1.25. The monoisotopic (exact) mass is 431 g/mol. The number of phenols is 1. The van der Waals surface area contributed by atoms with E-state index >= 15 is 0 Å². The van der Waals surface area contributed by atoms with E-state index in [-0.39, 0.29) is 35.6 Å². The smallest absolute Gasteiger partial charge is 0.250 e. The molecule has 4 atom stereocenters. The number of phenolic OH excluding ortho intramolecular Hbond substituents is 1. The van der Waals surface area contributed by atoms with Gasteiger partial charge in [-0.2, -0.15) is 0 Å². The van der Waals surface area contributed by atoms with Crippen LogP contribution in [0.15, 0.2) is 48.5 Å². The zero-order valence-electron chi connectivity index (χ0n) is 17.6. The quantitative estimate of drug-likeness (QED) is 0.648. The van der Waals surface area contributed by atoms with Crippen molar-refractivity contribution in [3.05, 3.63) is 59.7 Å². The number of fused-ring (bicyclic) bond motifs is 4. The summed E-state index contributed by atoms with van der Waals surface area (Å²) >= 11 is 0. The number of hydrogen-bond acceptors (Lipinski definition) is 5. The average molecular weight is 431 g/mol. The molecule has 0 aromatic heterocycles. The Morgan fingerprint density at radius 1 is 0.969 bits per heavy atom. The molecule has 3 fully saturated rings. The van der Waals surface area contributed by atoms with E-state index in [4.69, 9.17) is 0 Å². The Labute approximate surface area is 185 Å². The van der Waals surface area contributed by atoms with Gasteiger partial charge in [0.15, 0.2) is 0 Å². The van der Waals surface area contributed by atoms with Gasteiger partial charge in [-0.15, -0.1) is 0 Å². The number of hydrogen-bond donors (Lipinski definition) is 3. The Bertz CT molecular complexity index is 1120. The third-order valence-corrected chi connectivity index (χ3v) is 7.74. The molecule has 0 radical (unpaired) electrons. The van der Waals surface area contributed by atoms with E-state index < -0.39 is 17.4 Å². The molecule has 2 aromatic carbocycles. The minimum Gasteiger partial charge on any atom is -0.508 e. The van der Waals surface area contributed by atoms with Crippen molar-refractivity contribution in [1.82, 2.24) is 10.2 Å². The summed E-state index contributed by atoms with van der Waals surface area (Å²) in [6.45, 7) is 0. The number of nitrogens with one attached hydrogen (secondary N) is 2. The van der Waals surface area contributed by atoms with Crippen LogP contribution < -0.4 is 10.6 Å². The molecule has 2 saturated heterocycles. The molecule has 2 aromatic rings. The van der Waals surface area contributed by atoms with Gasteiger partial charge in [0.1, 0.15) is 11.3 Å². The van der Waals surface area contributed by atoms with Crippen molar-refractivity contribution in [3.63, 3.8) is 0 Å². The minimum absolute atomic E-state index is 0.0633. The maximum atomic E-state index is 13.8. The molecule has 32 heavy (non-hydrogen) atoms. The third-order valence-electron chi connectivity index (χ3n) is 7.74. The first kappa shape index (κ1) is 19.5. The van der Waals surface area contributed by atoms with Gasteiger partial charge in [-0.25, -0.2) is 0 Å². The Morgan fingerprint density at radius 2 is 1.69 bits per heavy atom. The molecule has 3 amide bonds. The zero-order chi connectivity index (χ0) is 22.0. The number of likely N-dealkylation sites (tertiary alicyclic amines) is 1. The van der Waals surface area contributed by atoms with Crippen molar-refractivity contribution in [2.45, 2.75) is 49.7 Å². The van der Waals surface area contributed by atoms with Crippen molar-refractivity contribution in [1.29, 1.82) is 0 Å². The number of imide groups is 1. The highest BCUT2D eigenvalue weighted by molar-refractivity contribution is 6.15. The number of benzene rings is 2. The van der Waals surface area contributed by atoms with Crippen LogP contribution in [-0.2, 0) is 26.3 Å². The largest absolute Gasteiger partial charge is 0.508 e. The predicted octanol–water partition coefficient (Wildman–Crippen LogP) is 2.30. The van der Waals surface area contributed by atoms with Gasteiger partial charge in [-0.3, -0.25) is 24.6 Å². The predicted molar refractivity (Wildman–Crippen MR) is 117 cm³/mol. The summed E-state index contributed by atoms with van der Waals surface area (Å²) < 4.78 is 0.